The molecule has 174 valence electrons. The molecule has 0 N–H and O–H groups in total. The molecule has 1 aromatic carbocycles. The second-order valence-corrected chi connectivity index (χ2v) is 10.1. The van der Waals surface area contributed by atoms with E-state index in [4.69, 9.17) is 4.74 Å². The first kappa shape index (κ1) is 25.5. The molecule has 9 heteroatoms. The topological polar surface area (TPSA) is 52.1 Å². The zero-order valence-electron chi connectivity index (χ0n) is 18.4. The van der Waals surface area contributed by atoms with Gasteiger partial charge in [-0.2, -0.15) is 0 Å². The number of methoxy groups -OCH3 is 1. The first-order chi connectivity index (χ1) is 15.8. The Morgan fingerprint density at radius 1 is 1.27 bits per heavy atom. The van der Waals surface area contributed by atoms with Gasteiger partial charge in [0.05, 0.1) is 12.0 Å². The Morgan fingerprint density at radius 2 is 2.06 bits per heavy atom. The third-order valence-corrected chi connectivity index (χ3v) is 7.72. The molecule has 0 amide bonds. The smallest absolute Gasteiger partial charge is 0.280 e. The van der Waals surface area contributed by atoms with Crippen molar-refractivity contribution in [1.29, 1.82) is 0 Å². The number of carbonyl (C=O) groups excluding carboxylic acids is 1. The number of aryl methyl sites for hydroxylation is 2. The maximum Gasteiger partial charge on any atom is 0.280 e. The summed E-state index contributed by atoms with van der Waals surface area (Å²) < 4.78 is 32.5. The van der Waals surface area contributed by atoms with Gasteiger partial charge in [0.25, 0.3) is 6.43 Å². The van der Waals surface area contributed by atoms with Crippen LogP contribution in [0.2, 0.25) is 0 Å². The molecule has 0 aliphatic carbocycles. The van der Waals surface area contributed by atoms with Crippen molar-refractivity contribution in [3.63, 3.8) is 0 Å². The molecule has 3 aromatic rings. The Labute approximate surface area is 208 Å². The van der Waals surface area contributed by atoms with Gasteiger partial charge in [-0.05, 0) is 65.2 Å². The highest BCUT2D eigenvalue weighted by atomic mass is 79.9. The van der Waals surface area contributed by atoms with Gasteiger partial charge >= 0.3 is 0 Å². The number of thiophene rings is 1. The number of ether oxygens (including phenoxy) is 1. The van der Waals surface area contributed by atoms with Gasteiger partial charge in [-0.15, -0.1) is 11.3 Å². The molecule has 0 saturated carbocycles. The molecule has 0 fully saturated rings. The van der Waals surface area contributed by atoms with Crippen molar-refractivity contribution in [2.45, 2.75) is 44.0 Å². The number of hydrogen-bond donors (Lipinski definition) is 0. The minimum atomic E-state index is -2.64. The summed E-state index contributed by atoms with van der Waals surface area (Å²) in [6.07, 6.45) is 2.64. The Bertz CT molecular complexity index is 1170. The molecule has 2 aromatic heterocycles. The molecular weight excluding hydrogens is 530 g/mol. The van der Waals surface area contributed by atoms with Crippen molar-refractivity contribution in [1.82, 2.24) is 9.97 Å². The second-order valence-electron chi connectivity index (χ2n) is 7.21. The van der Waals surface area contributed by atoms with Crippen molar-refractivity contribution < 1.29 is 18.3 Å². The van der Waals surface area contributed by atoms with E-state index in [2.05, 4.69) is 32.8 Å². The van der Waals surface area contributed by atoms with E-state index in [0.29, 0.717) is 22.1 Å². The summed E-state index contributed by atoms with van der Waals surface area (Å²) in [5.74, 6) is 1.05. The molecule has 0 radical (unpaired) electrons. The Hall–Kier alpha value is -2.10. The van der Waals surface area contributed by atoms with Gasteiger partial charge in [-0.25, -0.2) is 18.7 Å². The average Bonchev–Trinajstić information content (AvgIpc) is 3.16. The van der Waals surface area contributed by atoms with Crippen molar-refractivity contribution in [3.05, 3.63) is 73.1 Å². The maximum absolute atomic E-state index is 13.0. The highest BCUT2D eigenvalue weighted by Gasteiger charge is 2.14. The molecule has 0 atom stereocenters. The quantitative estimate of drug-likeness (QED) is 0.112. The van der Waals surface area contributed by atoms with Crippen LogP contribution >= 0.6 is 39.0 Å². The SMILES string of the molecule is CCCc1sc(C(=O)/C=C/c2ccc(OC)c(CSc3nc(C)cc(C(F)F)n3)c2)cc1Br. The summed E-state index contributed by atoms with van der Waals surface area (Å²) >= 11 is 6.29. The van der Waals surface area contributed by atoms with E-state index in [0.717, 1.165) is 28.4 Å². The van der Waals surface area contributed by atoms with Crippen LogP contribution in [0.5, 0.6) is 5.75 Å². The first-order valence-corrected chi connectivity index (χ1v) is 12.8. The minimum Gasteiger partial charge on any atom is -0.496 e. The molecule has 3 rings (SSSR count). The van der Waals surface area contributed by atoms with E-state index in [1.807, 2.05) is 24.3 Å². The first-order valence-electron chi connectivity index (χ1n) is 10.2. The van der Waals surface area contributed by atoms with Crippen LogP contribution in [-0.4, -0.2) is 22.9 Å². The lowest BCUT2D eigenvalue weighted by Gasteiger charge is -2.10. The Balaban J connectivity index is 1.75. The molecule has 0 saturated heterocycles. The van der Waals surface area contributed by atoms with Crippen LogP contribution in [0.25, 0.3) is 6.08 Å². The number of carbonyl (C=O) groups is 1. The number of alkyl halides is 2. The Kier molecular flexibility index (Phi) is 9.17. The monoisotopic (exact) mass is 552 g/mol. The van der Waals surface area contributed by atoms with Crippen LogP contribution in [-0.2, 0) is 12.2 Å². The minimum absolute atomic E-state index is 0.0533. The van der Waals surface area contributed by atoms with Gasteiger partial charge in [-0.3, -0.25) is 4.79 Å². The molecule has 4 nitrogen and oxygen atoms in total. The average molecular weight is 553 g/mol. The molecule has 0 bridgehead atoms. The molecule has 0 aliphatic heterocycles. The van der Waals surface area contributed by atoms with Crippen LogP contribution in [0.4, 0.5) is 8.78 Å². The number of thioether (sulfide) groups is 1. The fourth-order valence-corrected chi connectivity index (χ4v) is 5.86. The predicted octanol–water partition coefficient (Wildman–Crippen LogP) is 7.70. The largest absolute Gasteiger partial charge is 0.496 e. The summed E-state index contributed by atoms with van der Waals surface area (Å²) in [6, 6.07) is 8.75. The van der Waals surface area contributed by atoms with Crippen molar-refractivity contribution in [2.24, 2.45) is 0 Å². The zero-order valence-corrected chi connectivity index (χ0v) is 21.6. The summed E-state index contributed by atoms with van der Waals surface area (Å²) in [7, 11) is 1.57. The third kappa shape index (κ3) is 6.94. The molecule has 0 unspecified atom stereocenters. The van der Waals surface area contributed by atoms with Crippen LogP contribution in [0.1, 0.15) is 56.8 Å². The molecular formula is C24H23BrF2N2O2S2. The zero-order chi connectivity index (χ0) is 24.0. The lowest BCUT2D eigenvalue weighted by atomic mass is 10.1. The fourth-order valence-electron chi connectivity index (χ4n) is 3.08. The van der Waals surface area contributed by atoms with Gasteiger partial charge in [-0.1, -0.05) is 37.2 Å². The number of allylic oxidation sites excluding steroid dienone is 1. The van der Waals surface area contributed by atoms with Gasteiger partial charge < -0.3 is 4.74 Å². The third-order valence-electron chi connectivity index (χ3n) is 4.64. The number of ketones is 1. The van der Waals surface area contributed by atoms with E-state index < -0.39 is 6.43 Å². The number of aromatic nitrogens is 2. The molecule has 0 aliphatic rings. The standard InChI is InChI=1S/C24H23BrF2N2O2S2/c1-4-5-21-17(25)12-22(33-21)19(30)8-6-15-7-9-20(31-3)16(11-15)13-32-24-28-14(2)10-18(29-24)23(26)27/h6-12,23H,4-5,13H2,1-3H3/b8-6+. The van der Waals surface area contributed by atoms with Gasteiger partial charge in [0, 0.05) is 26.4 Å². The molecule has 2 heterocycles. The number of nitrogens with zero attached hydrogens (tertiary/aromatic N) is 2. The maximum atomic E-state index is 13.0. The van der Waals surface area contributed by atoms with Crippen LogP contribution in [0, 0.1) is 6.92 Å². The second kappa shape index (κ2) is 11.9. The van der Waals surface area contributed by atoms with E-state index in [-0.39, 0.29) is 16.6 Å². The summed E-state index contributed by atoms with van der Waals surface area (Å²) in [6.45, 7) is 3.77. The molecule has 0 spiro atoms. The number of hydrogen-bond acceptors (Lipinski definition) is 6. The van der Waals surface area contributed by atoms with Gasteiger partial charge in [0.2, 0.25) is 0 Å². The van der Waals surface area contributed by atoms with Gasteiger partial charge in [0.15, 0.2) is 10.9 Å². The highest BCUT2D eigenvalue weighted by molar-refractivity contribution is 9.10. The summed E-state index contributed by atoms with van der Waals surface area (Å²) in [5.41, 5.74) is 1.90. The lowest BCUT2D eigenvalue weighted by Crippen LogP contribution is -1.98. The van der Waals surface area contributed by atoms with Crippen LogP contribution in [0.3, 0.4) is 0 Å². The summed E-state index contributed by atoms with van der Waals surface area (Å²) in [5, 5.41) is 0.287. The number of halogens is 3. The van der Waals surface area contributed by atoms with Crippen LogP contribution in [0.15, 0.2) is 46.0 Å². The van der Waals surface area contributed by atoms with E-state index in [9.17, 15) is 13.6 Å². The fraction of sp³-hybridized carbons (Fsp3) is 0.292. The van der Waals surface area contributed by atoms with E-state index >= 15 is 0 Å². The van der Waals surface area contributed by atoms with E-state index in [1.165, 1.54) is 34.0 Å². The number of benzene rings is 1. The van der Waals surface area contributed by atoms with Crippen molar-refractivity contribution >= 4 is 50.9 Å². The summed E-state index contributed by atoms with van der Waals surface area (Å²) in [4.78, 5) is 22.7. The Morgan fingerprint density at radius 3 is 2.76 bits per heavy atom. The van der Waals surface area contributed by atoms with Crippen molar-refractivity contribution in [3.8, 4) is 5.75 Å². The van der Waals surface area contributed by atoms with E-state index in [1.54, 1.807) is 26.2 Å². The number of rotatable bonds is 10. The molecule has 33 heavy (non-hydrogen) atoms. The lowest BCUT2D eigenvalue weighted by molar-refractivity contribution is 0.105. The van der Waals surface area contributed by atoms with Crippen LogP contribution < -0.4 is 4.74 Å². The normalized spacial score (nSPS) is 11.5. The highest BCUT2D eigenvalue weighted by Crippen LogP contribution is 2.31. The predicted molar refractivity (Wildman–Crippen MR) is 134 cm³/mol. The van der Waals surface area contributed by atoms with Crippen molar-refractivity contribution in [2.75, 3.05) is 7.11 Å². The van der Waals surface area contributed by atoms with Gasteiger partial charge in [0.1, 0.15) is 11.4 Å².